The molecule has 4 aliphatic carbocycles. The molecule has 12 atom stereocenters. The second kappa shape index (κ2) is 8.52. The zero-order chi connectivity index (χ0) is 25.5. The molecule has 198 valence electrons. The van der Waals surface area contributed by atoms with E-state index in [9.17, 15) is 24.9 Å². The van der Waals surface area contributed by atoms with Gasteiger partial charge in [0.15, 0.2) is 0 Å². The number of Topliss-reactive ketones (excluding diaryl/α,β-unsaturated/α-hetero) is 1. The van der Waals surface area contributed by atoms with Gasteiger partial charge < -0.3 is 20.1 Å². The van der Waals surface area contributed by atoms with Crippen LogP contribution < -0.4 is 0 Å². The molecule has 3 N–H and O–H groups in total. The van der Waals surface area contributed by atoms with E-state index >= 15 is 0 Å². The summed E-state index contributed by atoms with van der Waals surface area (Å²) in [5, 5.41) is 35.0. The van der Waals surface area contributed by atoms with Gasteiger partial charge in [0.05, 0.1) is 17.8 Å². The van der Waals surface area contributed by atoms with E-state index in [1.807, 2.05) is 0 Å². The van der Waals surface area contributed by atoms with Crippen LogP contribution in [0, 0.1) is 52.3 Å². The Morgan fingerprint density at radius 3 is 2.37 bits per heavy atom. The molecule has 5 rings (SSSR count). The first-order valence-electron chi connectivity index (χ1n) is 14.2. The van der Waals surface area contributed by atoms with Crippen LogP contribution in [-0.4, -0.2) is 51.0 Å². The Bertz CT molecular complexity index is 871. The SMILES string of the molecule is CC(C)C1CC(=O)OC(C(C)C2CC(=O)C3C4C(O)C(O)C5CCCCC5(C)C4(O)CCC23C)C1. The molecular weight excluding hydrogens is 444 g/mol. The van der Waals surface area contributed by atoms with Gasteiger partial charge in [-0.1, -0.05) is 47.5 Å². The smallest absolute Gasteiger partial charge is 0.306 e. The van der Waals surface area contributed by atoms with Gasteiger partial charge in [-0.25, -0.2) is 0 Å². The molecule has 35 heavy (non-hydrogen) atoms. The van der Waals surface area contributed by atoms with E-state index in [0.717, 1.165) is 32.1 Å². The fourth-order valence-corrected chi connectivity index (χ4v) is 9.81. The van der Waals surface area contributed by atoms with Crippen molar-refractivity contribution in [2.75, 3.05) is 0 Å². The molecule has 1 heterocycles. The first-order chi connectivity index (χ1) is 16.3. The molecule has 0 bridgehead atoms. The minimum absolute atomic E-state index is 0.0225. The van der Waals surface area contributed by atoms with Crippen molar-refractivity contribution in [1.82, 2.24) is 0 Å². The van der Waals surface area contributed by atoms with Crippen molar-refractivity contribution in [3.63, 3.8) is 0 Å². The molecule has 0 radical (unpaired) electrons. The Balaban J connectivity index is 1.47. The summed E-state index contributed by atoms with van der Waals surface area (Å²) in [6.45, 7) is 10.7. The number of aliphatic hydroxyl groups excluding tert-OH is 2. The molecule has 12 unspecified atom stereocenters. The summed E-state index contributed by atoms with van der Waals surface area (Å²) in [5.74, 6) is -0.590. The first-order valence-corrected chi connectivity index (χ1v) is 14.2. The Labute approximate surface area is 210 Å². The molecule has 0 aromatic carbocycles. The highest BCUT2D eigenvalue weighted by Crippen LogP contribution is 2.69. The maximum Gasteiger partial charge on any atom is 0.306 e. The first kappa shape index (κ1) is 25.7. The van der Waals surface area contributed by atoms with Crippen molar-refractivity contribution in [2.45, 2.75) is 116 Å². The Hall–Kier alpha value is -0.980. The van der Waals surface area contributed by atoms with Gasteiger partial charge in [0.1, 0.15) is 11.9 Å². The van der Waals surface area contributed by atoms with Crippen LogP contribution >= 0.6 is 0 Å². The number of hydrogen-bond donors (Lipinski definition) is 3. The summed E-state index contributed by atoms with van der Waals surface area (Å²) in [4.78, 5) is 26.2. The quantitative estimate of drug-likeness (QED) is 0.519. The highest BCUT2D eigenvalue weighted by molar-refractivity contribution is 5.85. The maximum absolute atomic E-state index is 13.8. The van der Waals surface area contributed by atoms with Gasteiger partial charge in [-0.2, -0.15) is 0 Å². The third-order valence-electron chi connectivity index (χ3n) is 12.1. The molecule has 0 aromatic heterocycles. The zero-order valence-electron chi connectivity index (χ0n) is 22.2. The molecule has 5 fully saturated rings. The van der Waals surface area contributed by atoms with E-state index in [1.54, 1.807) is 0 Å². The van der Waals surface area contributed by atoms with Gasteiger partial charge >= 0.3 is 5.97 Å². The Kier molecular flexibility index (Phi) is 6.25. The monoisotopic (exact) mass is 490 g/mol. The average Bonchev–Trinajstić information content (AvgIpc) is 3.07. The average molecular weight is 491 g/mol. The lowest BCUT2D eigenvalue weighted by molar-refractivity contribution is -0.291. The number of esters is 1. The largest absolute Gasteiger partial charge is 0.462 e. The van der Waals surface area contributed by atoms with Crippen molar-refractivity contribution < 1.29 is 29.6 Å². The van der Waals surface area contributed by atoms with E-state index in [0.29, 0.717) is 37.5 Å². The zero-order valence-corrected chi connectivity index (χ0v) is 22.2. The summed E-state index contributed by atoms with van der Waals surface area (Å²) in [6.07, 6.45) is 4.34. The molecule has 6 heteroatoms. The van der Waals surface area contributed by atoms with Crippen LogP contribution in [0.1, 0.15) is 92.4 Å². The molecule has 0 spiro atoms. The van der Waals surface area contributed by atoms with Crippen molar-refractivity contribution in [3.8, 4) is 0 Å². The Morgan fingerprint density at radius 2 is 1.69 bits per heavy atom. The number of aliphatic hydroxyl groups is 3. The van der Waals surface area contributed by atoms with Gasteiger partial charge in [0.25, 0.3) is 0 Å². The van der Waals surface area contributed by atoms with E-state index in [2.05, 4.69) is 34.6 Å². The van der Waals surface area contributed by atoms with E-state index in [4.69, 9.17) is 4.74 Å². The number of carbonyl (C=O) groups is 2. The van der Waals surface area contributed by atoms with E-state index in [-0.39, 0.29) is 35.6 Å². The van der Waals surface area contributed by atoms with Crippen LogP contribution in [0.3, 0.4) is 0 Å². The highest BCUT2D eigenvalue weighted by atomic mass is 16.5. The predicted octanol–water partition coefficient (Wildman–Crippen LogP) is 3.88. The molecule has 0 amide bonds. The number of hydrogen-bond acceptors (Lipinski definition) is 6. The van der Waals surface area contributed by atoms with Gasteiger partial charge in [-0.05, 0) is 67.1 Å². The van der Waals surface area contributed by atoms with E-state index in [1.165, 1.54) is 0 Å². The number of fused-ring (bicyclic) bond motifs is 5. The highest BCUT2D eigenvalue weighted by Gasteiger charge is 2.73. The number of rotatable bonds is 3. The van der Waals surface area contributed by atoms with Crippen molar-refractivity contribution in [2.24, 2.45) is 52.3 Å². The van der Waals surface area contributed by atoms with Gasteiger partial charge in [0.2, 0.25) is 0 Å². The summed E-state index contributed by atoms with van der Waals surface area (Å²) in [5.41, 5.74) is -2.05. The van der Waals surface area contributed by atoms with Crippen LogP contribution in [-0.2, 0) is 14.3 Å². The third kappa shape index (κ3) is 3.52. The van der Waals surface area contributed by atoms with Crippen LogP contribution in [0.4, 0.5) is 0 Å². The third-order valence-corrected chi connectivity index (χ3v) is 12.1. The molecule has 1 saturated heterocycles. The minimum Gasteiger partial charge on any atom is -0.462 e. The van der Waals surface area contributed by atoms with Gasteiger partial charge in [-0.15, -0.1) is 0 Å². The predicted molar refractivity (Wildman–Crippen MR) is 131 cm³/mol. The van der Waals surface area contributed by atoms with Crippen LogP contribution in [0.25, 0.3) is 0 Å². The summed E-state index contributed by atoms with van der Waals surface area (Å²) in [6, 6.07) is 0. The Morgan fingerprint density at radius 1 is 0.971 bits per heavy atom. The molecule has 5 aliphatic rings. The number of cyclic esters (lactones) is 1. The lowest BCUT2D eigenvalue weighted by atomic mass is 9.41. The molecule has 6 nitrogen and oxygen atoms in total. The summed E-state index contributed by atoms with van der Waals surface area (Å²) >= 11 is 0. The number of carbonyl (C=O) groups excluding carboxylic acids is 2. The molecule has 1 aliphatic heterocycles. The van der Waals surface area contributed by atoms with Crippen molar-refractivity contribution >= 4 is 11.8 Å². The summed E-state index contributed by atoms with van der Waals surface area (Å²) < 4.78 is 5.86. The lowest BCUT2D eigenvalue weighted by Crippen LogP contribution is -2.73. The molecule has 4 saturated carbocycles. The van der Waals surface area contributed by atoms with Gasteiger partial charge in [0, 0.05) is 30.1 Å². The van der Waals surface area contributed by atoms with E-state index < -0.39 is 40.5 Å². The maximum atomic E-state index is 13.8. The summed E-state index contributed by atoms with van der Waals surface area (Å²) in [7, 11) is 0. The van der Waals surface area contributed by atoms with Crippen LogP contribution in [0.15, 0.2) is 0 Å². The normalized spacial score (nSPS) is 52.9. The lowest BCUT2D eigenvalue weighted by Gasteiger charge is -2.67. The molecule has 0 aromatic rings. The topological polar surface area (TPSA) is 104 Å². The minimum atomic E-state index is -1.16. The second-order valence-corrected chi connectivity index (χ2v) is 13.8. The van der Waals surface area contributed by atoms with Crippen molar-refractivity contribution in [1.29, 1.82) is 0 Å². The van der Waals surface area contributed by atoms with Crippen LogP contribution in [0.2, 0.25) is 0 Å². The number of ketones is 1. The fourth-order valence-electron chi connectivity index (χ4n) is 9.81. The standard InChI is InChI=1S/C29H46O6/c1-15(2)17-12-21(35-22(31)13-17)16(3)19-14-20(30)23-24-26(33)25(32)18-8-6-7-9-28(18,5)29(24,34)11-10-27(19,23)4/h15-19,21,23-26,32-34H,6-14H2,1-5H3. The second-order valence-electron chi connectivity index (χ2n) is 13.8. The molecular formula is C29H46O6. The van der Waals surface area contributed by atoms with Crippen LogP contribution in [0.5, 0.6) is 0 Å². The fraction of sp³-hybridized carbons (Fsp3) is 0.931. The van der Waals surface area contributed by atoms with Crippen molar-refractivity contribution in [3.05, 3.63) is 0 Å². The van der Waals surface area contributed by atoms with Gasteiger partial charge in [-0.3, -0.25) is 9.59 Å². The number of ether oxygens (including phenoxy) is 1.